The molecule has 0 aliphatic carbocycles. The quantitative estimate of drug-likeness (QED) is 0.868. The molecule has 120 valence electrons. The van der Waals surface area contributed by atoms with Gasteiger partial charge in [-0.2, -0.15) is 0 Å². The molecule has 0 amide bonds. The molecule has 0 saturated carbocycles. The van der Waals surface area contributed by atoms with Crippen LogP contribution in [0.4, 0.5) is 10.2 Å². The number of hydrogen-bond acceptors (Lipinski definition) is 5. The number of aromatic nitrogens is 3. The van der Waals surface area contributed by atoms with E-state index in [4.69, 9.17) is 0 Å². The highest BCUT2D eigenvalue weighted by Crippen LogP contribution is 2.35. The van der Waals surface area contributed by atoms with Crippen molar-refractivity contribution >= 4 is 5.82 Å². The van der Waals surface area contributed by atoms with Crippen LogP contribution in [0.3, 0.4) is 0 Å². The average molecular weight is 313 g/mol. The zero-order chi connectivity index (χ0) is 16.0. The number of anilines is 1. The number of halogens is 1. The summed E-state index contributed by atoms with van der Waals surface area (Å²) in [6.07, 6.45) is 4.22. The highest BCUT2D eigenvalue weighted by Gasteiger charge is 2.44. The first kappa shape index (κ1) is 14.5. The van der Waals surface area contributed by atoms with E-state index < -0.39 is 0 Å². The van der Waals surface area contributed by atoms with Crippen LogP contribution in [-0.4, -0.2) is 45.0 Å². The molecule has 5 nitrogen and oxygen atoms in total. The van der Waals surface area contributed by atoms with Crippen LogP contribution in [0.1, 0.15) is 23.5 Å². The normalized spacial score (nSPS) is 23.7. The zero-order valence-electron chi connectivity index (χ0n) is 13.4. The van der Waals surface area contributed by atoms with Gasteiger partial charge in [-0.15, -0.1) is 0 Å². The fraction of sp³-hybridized carbons (Fsp3) is 0.471. The van der Waals surface area contributed by atoms with Crippen molar-refractivity contribution in [3.05, 3.63) is 47.4 Å². The SMILES string of the molecule is Cc1cc(N2CC3CC(C2)N3Cc2cncc(F)c2)nc(C)n1. The van der Waals surface area contributed by atoms with Gasteiger partial charge in [0, 0.05) is 49.7 Å². The Bertz CT molecular complexity index is 702. The van der Waals surface area contributed by atoms with Crippen molar-refractivity contribution < 1.29 is 4.39 Å². The molecule has 5 rings (SSSR count). The van der Waals surface area contributed by atoms with Gasteiger partial charge in [-0.25, -0.2) is 14.4 Å². The van der Waals surface area contributed by atoms with E-state index in [1.807, 2.05) is 13.8 Å². The number of pyridine rings is 1. The van der Waals surface area contributed by atoms with E-state index in [0.717, 1.165) is 42.5 Å². The van der Waals surface area contributed by atoms with Crippen LogP contribution in [0.5, 0.6) is 0 Å². The van der Waals surface area contributed by atoms with Crippen molar-refractivity contribution in [1.29, 1.82) is 0 Å². The monoisotopic (exact) mass is 313 g/mol. The second-order valence-corrected chi connectivity index (χ2v) is 6.55. The summed E-state index contributed by atoms with van der Waals surface area (Å²) in [4.78, 5) is 17.7. The molecule has 0 spiro atoms. The summed E-state index contributed by atoms with van der Waals surface area (Å²) in [7, 11) is 0. The van der Waals surface area contributed by atoms with Crippen LogP contribution in [0.2, 0.25) is 0 Å². The van der Waals surface area contributed by atoms with Gasteiger partial charge in [0.15, 0.2) is 0 Å². The van der Waals surface area contributed by atoms with Gasteiger partial charge in [0.25, 0.3) is 0 Å². The Morgan fingerprint density at radius 3 is 2.61 bits per heavy atom. The Morgan fingerprint density at radius 2 is 1.91 bits per heavy atom. The Hall–Kier alpha value is -2.08. The third-order valence-corrected chi connectivity index (χ3v) is 4.75. The average Bonchev–Trinajstić information content (AvgIpc) is 2.52. The molecule has 3 saturated heterocycles. The van der Waals surface area contributed by atoms with Gasteiger partial charge >= 0.3 is 0 Å². The highest BCUT2D eigenvalue weighted by molar-refractivity contribution is 5.42. The lowest BCUT2D eigenvalue weighted by atomic mass is 9.87. The first-order valence-corrected chi connectivity index (χ1v) is 8.01. The third-order valence-electron chi connectivity index (χ3n) is 4.75. The molecule has 3 aliphatic heterocycles. The maximum atomic E-state index is 13.3. The molecule has 3 fully saturated rings. The lowest BCUT2D eigenvalue weighted by Crippen LogP contribution is -2.68. The van der Waals surface area contributed by atoms with Crippen molar-refractivity contribution in [2.75, 3.05) is 18.0 Å². The molecule has 23 heavy (non-hydrogen) atoms. The van der Waals surface area contributed by atoms with E-state index in [1.54, 1.807) is 12.3 Å². The maximum absolute atomic E-state index is 13.3. The Labute approximate surface area is 135 Å². The van der Waals surface area contributed by atoms with Crippen molar-refractivity contribution in [3.63, 3.8) is 0 Å². The lowest BCUT2D eigenvalue weighted by Gasteiger charge is -2.56. The van der Waals surface area contributed by atoms with E-state index in [2.05, 4.69) is 30.8 Å². The van der Waals surface area contributed by atoms with E-state index in [1.165, 1.54) is 12.6 Å². The third kappa shape index (κ3) is 2.79. The first-order chi connectivity index (χ1) is 11.1. The molecule has 2 aromatic heterocycles. The molecule has 2 unspecified atom stereocenters. The second-order valence-electron chi connectivity index (χ2n) is 6.55. The molecule has 2 bridgehead atoms. The number of nitrogens with zero attached hydrogens (tertiary/aromatic N) is 5. The molecule has 3 aliphatic rings. The largest absolute Gasteiger partial charge is 0.353 e. The summed E-state index contributed by atoms with van der Waals surface area (Å²) in [6, 6.07) is 4.65. The summed E-state index contributed by atoms with van der Waals surface area (Å²) in [6.45, 7) is 6.65. The molecule has 0 radical (unpaired) electrons. The van der Waals surface area contributed by atoms with Gasteiger partial charge in [-0.3, -0.25) is 9.88 Å². The molecular weight excluding hydrogens is 293 g/mol. The lowest BCUT2D eigenvalue weighted by molar-refractivity contribution is -0.00884. The van der Waals surface area contributed by atoms with Crippen LogP contribution < -0.4 is 4.90 Å². The summed E-state index contributed by atoms with van der Waals surface area (Å²) < 4.78 is 13.3. The van der Waals surface area contributed by atoms with Gasteiger partial charge < -0.3 is 4.90 Å². The summed E-state index contributed by atoms with van der Waals surface area (Å²) in [5.74, 6) is 1.58. The first-order valence-electron chi connectivity index (χ1n) is 8.01. The molecule has 6 heteroatoms. The Balaban J connectivity index is 1.46. The zero-order valence-corrected chi connectivity index (χ0v) is 13.4. The minimum atomic E-state index is -0.262. The Kier molecular flexibility index (Phi) is 3.49. The molecule has 0 N–H and O–H groups in total. The van der Waals surface area contributed by atoms with Gasteiger partial charge in [-0.1, -0.05) is 0 Å². The van der Waals surface area contributed by atoms with Gasteiger partial charge in [-0.05, 0) is 31.9 Å². The van der Waals surface area contributed by atoms with Gasteiger partial charge in [0.2, 0.25) is 0 Å². The van der Waals surface area contributed by atoms with Gasteiger partial charge in [0.1, 0.15) is 17.5 Å². The van der Waals surface area contributed by atoms with E-state index in [9.17, 15) is 4.39 Å². The summed E-state index contributed by atoms with van der Waals surface area (Å²) in [5, 5.41) is 0. The van der Waals surface area contributed by atoms with E-state index in [-0.39, 0.29) is 5.82 Å². The number of hydrogen-bond donors (Lipinski definition) is 0. The minimum Gasteiger partial charge on any atom is -0.353 e. The van der Waals surface area contributed by atoms with Crippen LogP contribution in [-0.2, 0) is 6.54 Å². The number of piperidine rings is 1. The van der Waals surface area contributed by atoms with Crippen LogP contribution in [0.25, 0.3) is 0 Å². The molecule has 2 atom stereocenters. The van der Waals surface area contributed by atoms with Crippen molar-refractivity contribution in [3.8, 4) is 0 Å². The molecular formula is C17H20FN5. The summed E-state index contributed by atoms with van der Waals surface area (Å²) >= 11 is 0. The standard InChI is InChI=1S/C17H20FN5/c1-11-3-17(21-12(2)20-11)22-9-15-5-16(10-22)23(15)8-13-4-14(18)7-19-6-13/h3-4,6-7,15-16H,5,8-10H2,1-2H3. The van der Waals surface area contributed by atoms with Crippen molar-refractivity contribution in [2.45, 2.75) is 38.9 Å². The van der Waals surface area contributed by atoms with E-state index >= 15 is 0 Å². The van der Waals surface area contributed by atoms with E-state index in [0.29, 0.717) is 12.1 Å². The fourth-order valence-electron chi connectivity index (χ4n) is 3.74. The number of piperazine rings is 1. The van der Waals surface area contributed by atoms with Crippen molar-refractivity contribution in [1.82, 2.24) is 19.9 Å². The predicted octanol–water partition coefficient (Wildman–Crippen LogP) is 2.09. The second kappa shape index (κ2) is 5.53. The number of rotatable bonds is 3. The number of fused-ring (bicyclic) bond motifs is 2. The van der Waals surface area contributed by atoms with Crippen LogP contribution in [0.15, 0.2) is 24.5 Å². The highest BCUT2D eigenvalue weighted by atomic mass is 19.1. The van der Waals surface area contributed by atoms with Crippen molar-refractivity contribution in [2.24, 2.45) is 0 Å². The van der Waals surface area contributed by atoms with Gasteiger partial charge in [0.05, 0.1) is 6.20 Å². The molecule has 5 heterocycles. The Morgan fingerprint density at radius 1 is 1.13 bits per heavy atom. The topological polar surface area (TPSA) is 45.2 Å². The maximum Gasteiger partial charge on any atom is 0.141 e. The smallest absolute Gasteiger partial charge is 0.141 e. The summed E-state index contributed by atoms with van der Waals surface area (Å²) in [5.41, 5.74) is 1.95. The molecule has 2 aromatic rings. The minimum absolute atomic E-state index is 0.262. The number of aryl methyl sites for hydroxylation is 2. The molecule has 0 aromatic carbocycles. The fourth-order valence-corrected chi connectivity index (χ4v) is 3.74. The van der Waals surface area contributed by atoms with Crippen LogP contribution >= 0.6 is 0 Å². The van der Waals surface area contributed by atoms with Crippen LogP contribution in [0, 0.1) is 19.7 Å². The predicted molar refractivity (Wildman–Crippen MR) is 85.7 cm³/mol.